The third kappa shape index (κ3) is 3.34. The molecule has 1 fully saturated rings. The van der Waals surface area contributed by atoms with Gasteiger partial charge in [-0.2, -0.15) is 4.31 Å². The second-order valence-corrected chi connectivity index (χ2v) is 9.16. The average molecular weight is 404 g/mol. The van der Waals surface area contributed by atoms with Crippen molar-refractivity contribution in [3.8, 4) is 0 Å². The Hall–Kier alpha value is -2.23. The number of fused-ring (bicyclic) bond motifs is 1. The molecule has 0 aromatic carbocycles. The van der Waals surface area contributed by atoms with E-state index in [4.69, 9.17) is 4.52 Å². The van der Waals surface area contributed by atoms with Gasteiger partial charge in [0.25, 0.3) is 0 Å². The average Bonchev–Trinajstić information content (AvgIpc) is 3.20. The summed E-state index contributed by atoms with van der Waals surface area (Å²) in [5.74, 6) is 0.351. The van der Waals surface area contributed by atoms with Crippen molar-refractivity contribution in [2.24, 2.45) is 7.05 Å². The third-order valence-electron chi connectivity index (χ3n) is 5.41. The molecule has 0 N–H and O–H groups in total. The number of pyridine rings is 1. The predicted molar refractivity (Wildman–Crippen MR) is 106 cm³/mol. The summed E-state index contributed by atoms with van der Waals surface area (Å²) >= 11 is 0. The van der Waals surface area contributed by atoms with Crippen LogP contribution in [0.1, 0.15) is 17.0 Å². The highest BCUT2D eigenvalue weighted by Crippen LogP contribution is 2.24. The minimum Gasteiger partial charge on any atom is -0.360 e. The summed E-state index contributed by atoms with van der Waals surface area (Å²) in [6.45, 7) is 6.58. The number of piperazine rings is 1. The third-order valence-corrected chi connectivity index (χ3v) is 7.55. The van der Waals surface area contributed by atoms with Crippen molar-refractivity contribution >= 4 is 21.1 Å². The highest BCUT2D eigenvalue weighted by Gasteiger charge is 2.33. The molecule has 1 saturated heterocycles. The first-order valence-corrected chi connectivity index (χ1v) is 10.9. The molecule has 1 aliphatic rings. The highest BCUT2D eigenvalue weighted by atomic mass is 32.2. The number of sulfonamides is 1. The fraction of sp³-hybridized carbons (Fsp3) is 0.474. The molecule has 0 atom stereocenters. The van der Waals surface area contributed by atoms with Gasteiger partial charge in [0, 0.05) is 57.6 Å². The molecular weight excluding hydrogens is 378 g/mol. The summed E-state index contributed by atoms with van der Waals surface area (Å²) in [7, 11) is -1.55. The number of aromatic nitrogens is 3. The minimum atomic E-state index is -3.56. The zero-order valence-corrected chi connectivity index (χ0v) is 17.2. The van der Waals surface area contributed by atoms with Crippen LogP contribution in [0.15, 0.2) is 33.9 Å². The van der Waals surface area contributed by atoms with E-state index in [1.54, 1.807) is 13.8 Å². The van der Waals surface area contributed by atoms with Crippen LogP contribution in [0.4, 0.5) is 0 Å². The number of hydrogen-bond acceptors (Lipinski definition) is 6. The molecule has 0 aliphatic carbocycles. The molecular formula is C19H25N5O3S. The monoisotopic (exact) mass is 403 g/mol. The SMILES string of the molecule is Cc1noc(C)c1S(=O)(=O)N1CCN(CCc2cn(C)c3ncccc23)CC1. The number of hydrogen-bond donors (Lipinski definition) is 0. The molecule has 150 valence electrons. The number of rotatable bonds is 5. The fourth-order valence-corrected chi connectivity index (χ4v) is 5.65. The van der Waals surface area contributed by atoms with Gasteiger partial charge >= 0.3 is 0 Å². The minimum absolute atomic E-state index is 0.212. The van der Waals surface area contributed by atoms with Gasteiger partial charge in [-0.05, 0) is 38.0 Å². The Morgan fingerprint density at radius 2 is 1.93 bits per heavy atom. The lowest BCUT2D eigenvalue weighted by molar-refractivity contribution is 0.190. The van der Waals surface area contributed by atoms with Gasteiger partial charge in [0.15, 0.2) is 5.76 Å². The molecule has 9 heteroatoms. The Morgan fingerprint density at radius 3 is 2.61 bits per heavy atom. The summed E-state index contributed by atoms with van der Waals surface area (Å²) in [6, 6.07) is 4.07. The normalized spacial score (nSPS) is 16.8. The molecule has 0 spiro atoms. The van der Waals surface area contributed by atoms with Gasteiger partial charge in [0.1, 0.15) is 16.2 Å². The molecule has 4 rings (SSSR count). The van der Waals surface area contributed by atoms with Crippen molar-refractivity contribution in [1.29, 1.82) is 0 Å². The van der Waals surface area contributed by atoms with Crippen molar-refractivity contribution in [3.05, 3.63) is 41.5 Å². The molecule has 1 aliphatic heterocycles. The van der Waals surface area contributed by atoms with E-state index in [2.05, 4.69) is 31.9 Å². The number of nitrogens with zero attached hydrogens (tertiary/aromatic N) is 5. The Bertz CT molecular complexity index is 1070. The van der Waals surface area contributed by atoms with Crippen LogP contribution >= 0.6 is 0 Å². The van der Waals surface area contributed by atoms with E-state index in [0.717, 1.165) is 18.6 Å². The summed E-state index contributed by atoms with van der Waals surface area (Å²) in [5, 5.41) is 4.97. The van der Waals surface area contributed by atoms with E-state index >= 15 is 0 Å². The smallest absolute Gasteiger partial charge is 0.248 e. The van der Waals surface area contributed by atoms with Crippen LogP contribution < -0.4 is 0 Å². The van der Waals surface area contributed by atoms with Gasteiger partial charge < -0.3 is 14.0 Å². The first-order valence-electron chi connectivity index (χ1n) is 9.42. The Kier molecular flexibility index (Phi) is 4.98. The lowest BCUT2D eigenvalue weighted by Gasteiger charge is -2.33. The van der Waals surface area contributed by atoms with E-state index in [-0.39, 0.29) is 4.90 Å². The lowest BCUT2D eigenvalue weighted by Crippen LogP contribution is -2.49. The van der Waals surface area contributed by atoms with E-state index in [9.17, 15) is 8.42 Å². The maximum Gasteiger partial charge on any atom is 0.248 e. The molecule has 4 heterocycles. The van der Waals surface area contributed by atoms with Gasteiger partial charge in [-0.3, -0.25) is 0 Å². The highest BCUT2D eigenvalue weighted by molar-refractivity contribution is 7.89. The van der Waals surface area contributed by atoms with Gasteiger partial charge in [-0.15, -0.1) is 0 Å². The Labute approximate surface area is 164 Å². The molecule has 0 bridgehead atoms. The summed E-state index contributed by atoms with van der Waals surface area (Å²) in [6.07, 6.45) is 4.86. The molecule has 0 radical (unpaired) electrons. The molecule has 3 aromatic heterocycles. The summed E-state index contributed by atoms with van der Waals surface area (Å²) in [5.41, 5.74) is 2.69. The van der Waals surface area contributed by atoms with E-state index in [1.165, 1.54) is 15.3 Å². The quantitative estimate of drug-likeness (QED) is 0.645. The topological polar surface area (TPSA) is 84.5 Å². The van der Waals surface area contributed by atoms with Crippen LogP contribution in [0.2, 0.25) is 0 Å². The van der Waals surface area contributed by atoms with Crippen molar-refractivity contribution in [3.63, 3.8) is 0 Å². The first kappa shape index (κ1) is 19.1. The Balaban J connectivity index is 1.39. The van der Waals surface area contributed by atoms with Gasteiger partial charge in [0.2, 0.25) is 10.0 Å². The van der Waals surface area contributed by atoms with Crippen molar-refractivity contribution < 1.29 is 12.9 Å². The van der Waals surface area contributed by atoms with Gasteiger partial charge in [-0.25, -0.2) is 13.4 Å². The maximum absolute atomic E-state index is 12.9. The van der Waals surface area contributed by atoms with Crippen LogP contribution in [0.25, 0.3) is 11.0 Å². The summed E-state index contributed by atoms with van der Waals surface area (Å²) in [4.78, 5) is 6.96. The van der Waals surface area contributed by atoms with E-state index in [0.29, 0.717) is 37.6 Å². The zero-order valence-electron chi connectivity index (χ0n) is 16.4. The van der Waals surface area contributed by atoms with E-state index in [1.807, 2.05) is 19.3 Å². The van der Waals surface area contributed by atoms with Crippen molar-refractivity contribution in [2.45, 2.75) is 25.2 Å². The van der Waals surface area contributed by atoms with Crippen molar-refractivity contribution in [1.82, 2.24) is 23.9 Å². The first-order chi connectivity index (χ1) is 13.4. The van der Waals surface area contributed by atoms with Crippen LogP contribution in [-0.2, 0) is 23.5 Å². The molecule has 3 aromatic rings. The van der Waals surface area contributed by atoms with Crippen LogP contribution in [-0.4, -0.2) is 65.1 Å². The van der Waals surface area contributed by atoms with Crippen LogP contribution in [0, 0.1) is 13.8 Å². The lowest BCUT2D eigenvalue weighted by atomic mass is 10.1. The maximum atomic E-state index is 12.9. The second-order valence-electron chi connectivity index (χ2n) is 7.29. The van der Waals surface area contributed by atoms with Crippen molar-refractivity contribution in [2.75, 3.05) is 32.7 Å². The van der Waals surface area contributed by atoms with E-state index < -0.39 is 10.0 Å². The summed E-state index contributed by atoms with van der Waals surface area (Å²) < 4.78 is 34.5. The largest absolute Gasteiger partial charge is 0.360 e. The molecule has 0 unspecified atom stereocenters. The van der Waals surface area contributed by atoms with Gasteiger partial charge in [-0.1, -0.05) is 5.16 Å². The fourth-order valence-electron chi connectivity index (χ4n) is 3.94. The number of aryl methyl sites for hydroxylation is 3. The van der Waals surface area contributed by atoms with Gasteiger partial charge in [0.05, 0.1) is 0 Å². The van der Waals surface area contributed by atoms with Crippen LogP contribution in [0.3, 0.4) is 0 Å². The molecule has 0 amide bonds. The molecule has 0 saturated carbocycles. The van der Waals surface area contributed by atoms with Crippen LogP contribution in [0.5, 0.6) is 0 Å². The standard InChI is InChI=1S/C19H25N5O3S/c1-14-18(15(2)27-21-14)28(25,26)24-11-9-23(10-12-24)8-6-16-13-22(3)19-17(16)5-4-7-20-19/h4-5,7,13H,6,8-12H2,1-3H3. The zero-order chi connectivity index (χ0) is 19.9. The molecule has 28 heavy (non-hydrogen) atoms. The predicted octanol–water partition coefficient (Wildman–Crippen LogP) is 1.73. The molecule has 8 nitrogen and oxygen atoms in total. The Morgan fingerprint density at radius 1 is 1.18 bits per heavy atom. The second kappa shape index (κ2) is 7.31.